The first-order valence-electron chi connectivity index (χ1n) is 13.8. The van der Waals surface area contributed by atoms with Gasteiger partial charge in [0.2, 0.25) is 5.91 Å². The number of hydrogen-bond acceptors (Lipinski definition) is 5. The van der Waals surface area contributed by atoms with Crippen LogP contribution < -0.4 is 14.8 Å². The second kappa shape index (κ2) is 10.7. The number of benzene rings is 3. The van der Waals surface area contributed by atoms with E-state index in [0.717, 1.165) is 49.2 Å². The van der Waals surface area contributed by atoms with Gasteiger partial charge in [0.1, 0.15) is 0 Å². The van der Waals surface area contributed by atoms with Crippen molar-refractivity contribution in [2.75, 3.05) is 40.4 Å². The average molecular weight is 526 g/mol. The minimum absolute atomic E-state index is 0.0227. The highest BCUT2D eigenvalue weighted by Gasteiger charge is 2.46. The van der Waals surface area contributed by atoms with Crippen molar-refractivity contribution in [2.24, 2.45) is 0 Å². The third kappa shape index (κ3) is 4.65. The number of rotatable bonds is 7. The Labute approximate surface area is 229 Å². The summed E-state index contributed by atoms with van der Waals surface area (Å²) in [5.74, 6) is 0.695. The van der Waals surface area contributed by atoms with Gasteiger partial charge in [-0.25, -0.2) is 0 Å². The number of carbonyl (C=O) groups is 2. The summed E-state index contributed by atoms with van der Waals surface area (Å²) in [5.41, 5.74) is 6.29. The van der Waals surface area contributed by atoms with Crippen molar-refractivity contribution >= 4 is 11.8 Å². The summed E-state index contributed by atoms with van der Waals surface area (Å²) in [6.45, 7) is 4.09. The van der Waals surface area contributed by atoms with Gasteiger partial charge in [-0.05, 0) is 65.3 Å². The summed E-state index contributed by atoms with van der Waals surface area (Å²) in [6.07, 6.45) is 2.64. The Morgan fingerprint density at radius 2 is 1.62 bits per heavy atom. The molecule has 7 nitrogen and oxygen atoms in total. The number of methoxy groups -OCH3 is 2. The van der Waals surface area contributed by atoms with E-state index in [1.54, 1.807) is 14.2 Å². The molecule has 2 amide bonds. The summed E-state index contributed by atoms with van der Waals surface area (Å²) in [7, 11) is 3.23. The summed E-state index contributed by atoms with van der Waals surface area (Å²) >= 11 is 0. The molecule has 0 saturated carbocycles. The number of fused-ring (bicyclic) bond motifs is 5. The van der Waals surface area contributed by atoms with Gasteiger partial charge in [-0.1, -0.05) is 42.5 Å². The Kier molecular flexibility index (Phi) is 7.00. The highest BCUT2D eigenvalue weighted by molar-refractivity contribution is 6.01. The lowest BCUT2D eigenvalue weighted by Crippen LogP contribution is -2.50. The van der Waals surface area contributed by atoms with E-state index in [0.29, 0.717) is 36.6 Å². The molecular formula is C32H35N3O4. The van der Waals surface area contributed by atoms with Gasteiger partial charge in [-0.15, -0.1) is 0 Å². The van der Waals surface area contributed by atoms with E-state index in [1.165, 1.54) is 11.1 Å². The predicted octanol–water partition coefficient (Wildman–Crippen LogP) is 4.11. The van der Waals surface area contributed by atoms with Crippen LogP contribution in [0, 0.1) is 0 Å². The molecule has 0 spiro atoms. The summed E-state index contributed by atoms with van der Waals surface area (Å²) < 4.78 is 11.1. The smallest absolute Gasteiger partial charge is 0.254 e. The normalized spacial score (nSPS) is 19.8. The lowest BCUT2D eigenvalue weighted by Gasteiger charge is -2.45. The molecule has 0 fully saturated rings. The van der Waals surface area contributed by atoms with Crippen LogP contribution in [0.2, 0.25) is 0 Å². The molecule has 0 unspecified atom stereocenters. The van der Waals surface area contributed by atoms with Gasteiger partial charge in [0.05, 0.1) is 26.2 Å². The summed E-state index contributed by atoms with van der Waals surface area (Å²) in [6, 6.07) is 19.7. The Balaban J connectivity index is 1.22. The van der Waals surface area contributed by atoms with Crippen molar-refractivity contribution in [3.05, 3.63) is 94.0 Å². The molecule has 6 rings (SSSR count). The van der Waals surface area contributed by atoms with Crippen molar-refractivity contribution < 1.29 is 19.1 Å². The molecule has 0 saturated heterocycles. The third-order valence-electron chi connectivity index (χ3n) is 8.47. The Hall–Kier alpha value is -3.84. The fourth-order valence-corrected chi connectivity index (χ4v) is 6.51. The first kappa shape index (κ1) is 25.4. The second-order valence-electron chi connectivity index (χ2n) is 10.6. The highest BCUT2D eigenvalue weighted by atomic mass is 16.5. The zero-order chi connectivity index (χ0) is 26.9. The van der Waals surface area contributed by atoms with Crippen molar-refractivity contribution in [3.8, 4) is 11.5 Å². The van der Waals surface area contributed by atoms with Gasteiger partial charge in [0, 0.05) is 38.3 Å². The first-order chi connectivity index (χ1) is 19.1. The van der Waals surface area contributed by atoms with Crippen molar-refractivity contribution in [3.63, 3.8) is 0 Å². The van der Waals surface area contributed by atoms with Crippen LogP contribution in [-0.4, -0.2) is 62.0 Å². The molecule has 3 aromatic carbocycles. The molecule has 3 aliphatic rings. The van der Waals surface area contributed by atoms with E-state index in [1.807, 2.05) is 41.3 Å². The molecule has 2 atom stereocenters. The van der Waals surface area contributed by atoms with Gasteiger partial charge < -0.3 is 19.7 Å². The molecule has 0 aliphatic carbocycles. The van der Waals surface area contributed by atoms with E-state index >= 15 is 0 Å². The monoisotopic (exact) mass is 525 g/mol. The fraction of sp³-hybridized carbons (Fsp3) is 0.375. The quantitative estimate of drug-likeness (QED) is 0.471. The summed E-state index contributed by atoms with van der Waals surface area (Å²) in [4.78, 5) is 31.8. The number of amides is 2. The van der Waals surface area contributed by atoms with Gasteiger partial charge >= 0.3 is 0 Å². The maximum absolute atomic E-state index is 13.9. The molecule has 0 bridgehead atoms. The Bertz CT molecular complexity index is 1400. The van der Waals surface area contributed by atoms with Crippen LogP contribution >= 0.6 is 0 Å². The van der Waals surface area contributed by atoms with Gasteiger partial charge in [0.25, 0.3) is 5.91 Å². The molecule has 3 aliphatic heterocycles. The Morgan fingerprint density at radius 3 is 2.44 bits per heavy atom. The van der Waals surface area contributed by atoms with Gasteiger partial charge in [-0.2, -0.15) is 0 Å². The fourth-order valence-electron chi connectivity index (χ4n) is 6.51. The molecule has 0 radical (unpaired) electrons. The summed E-state index contributed by atoms with van der Waals surface area (Å²) in [5, 5.41) is 3.22. The molecule has 7 heteroatoms. The molecule has 39 heavy (non-hydrogen) atoms. The molecule has 0 aromatic heterocycles. The molecule has 3 heterocycles. The molecular weight excluding hydrogens is 490 g/mol. The lowest BCUT2D eigenvalue weighted by molar-refractivity contribution is -0.124. The largest absolute Gasteiger partial charge is 0.493 e. The van der Waals surface area contributed by atoms with Crippen molar-refractivity contribution in [1.29, 1.82) is 0 Å². The van der Waals surface area contributed by atoms with Crippen molar-refractivity contribution in [1.82, 2.24) is 15.1 Å². The van der Waals surface area contributed by atoms with Gasteiger partial charge in [-0.3, -0.25) is 14.5 Å². The van der Waals surface area contributed by atoms with E-state index in [9.17, 15) is 9.59 Å². The van der Waals surface area contributed by atoms with Crippen molar-refractivity contribution in [2.45, 2.75) is 37.8 Å². The topological polar surface area (TPSA) is 71.1 Å². The van der Waals surface area contributed by atoms with E-state index in [2.05, 4.69) is 34.5 Å². The first-order valence-corrected chi connectivity index (χ1v) is 13.8. The lowest BCUT2D eigenvalue weighted by atomic mass is 9.75. The molecule has 202 valence electrons. The number of hydrogen-bond donors (Lipinski definition) is 1. The standard InChI is InChI=1S/C32H35N3O4/c1-38-27-18-22-13-17-35-30(26(22)19-28(27)39-2)29(24-10-5-6-11-25(24)32(35)37)31(36)33-14-7-15-34-16-12-21-8-3-4-9-23(21)20-34/h3-6,8-11,18-19,29-30H,7,12-17,20H2,1-2H3,(H,33,36)/t29-,30-/m1/s1. The van der Waals surface area contributed by atoms with Crippen LogP contribution in [0.25, 0.3) is 0 Å². The van der Waals surface area contributed by atoms with E-state index in [4.69, 9.17) is 9.47 Å². The number of carbonyl (C=O) groups excluding carboxylic acids is 2. The average Bonchev–Trinajstić information content (AvgIpc) is 2.98. The zero-order valence-electron chi connectivity index (χ0n) is 22.6. The maximum Gasteiger partial charge on any atom is 0.254 e. The molecule has 1 N–H and O–H groups in total. The van der Waals surface area contributed by atoms with Crippen LogP contribution in [0.4, 0.5) is 0 Å². The molecule has 3 aromatic rings. The SMILES string of the molecule is COc1cc2c(cc1OC)[C@@H]1[C@H](C(=O)NCCCN3CCc4ccccc4C3)c3ccccc3C(=O)N1CC2. The minimum Gasteiger partial charge on any atom is -0.493 e. The number of ether oxygens (including phenoxy) is 2. The predicted molar refractivity (Wildman–Crippen MR) is 149 cm³/mol. The van der Waals surface area contributed by atoms with Gasteiger partial charge in [0.15, 0.2) is 11.5 Å². The van der Waals surface area contributed by atoms with E-state index < -0.39 is 12.0 Å². The minimum atomic E-state index is -0.502. The highest BCUT2D eigenvalue weighted by Crippen LogP contribution is 2.48. The maximum atomic E-state index is 13.9. The Morgan fingerprint density at radius 1 is 0.897 bits per heavy atom. The van der Waals surface area contributed by atoms with Crippen LogP contribution in [0.15, 0.2) is 60.7 Å². The van der Waals surface area contributed by atoms with Crippen LogP contribution in [-0.2, 0) is 24.2 Å². The number of nitrogens with zero attached hydrogens (tertiary/aromatic N) is 2. The van der Waals surface area contributed by atoms with Crippen LogP contribution in [0.1, 0.15) is 56.6 Å². The zero-order valence-corrected chi connectivity index (χ0v) is 22.6. The van der Waals surface area contributed by atoms with Crippen LogP contribution in [0.5, 0.6) is 11.5 Å². The van der Waals surface area contributed by atoms with Crippen LogP contribution in [0.3, 0.4) is 0 Å². The van der Waals surface area contributed by atoms with E-state index in [-0.39, 0.29) is 11.8 Å². The second-order valence-corrected chi connectivity index (χ2v) is 10.6. The third-order valence-corrected chi connectivity index (χ3v) is 8.47. The number of nitrogens with one attached hydrogen (secondary N) is 1.